The Bertz CT molecular complexity index is 841. The van der Waals surface area contributed by atoms with E-state index in [0.717, 1.165) is 28.2 Å². The summed E-state index contributed by atoms with van der Waals surface area (Å²) in [5.74, 6) is 1.51. The van der Waals surface area contributed by atoms with E-state index in [1.165, 1.54) is 0 Å². The van der Waals surface area contributed by atoms with Gasteiger partial charge in [0.2, 0.25) is 10.0 Å². The zero-order valence-corrected chi connectivity index (χ0v) is 14.8. The average Bonchev–Trinajstić information content (AvgIpc) is 2.53. The Morgan fingerprint density at radius 2 is 1.83 bits per heavy atom. The summed E-state index contributed by atoms with van der Waals surface area (Å²) in [5.41, 5.74) is 2.78. The van der Waals surface area contributed by atoms with Crippen LogP contribution in [-0.4, -0.2) is 28.2 Å². The monoisotopic (exact) mass is 347 g/mol. The summed E-state index contributed by atoms with van der Waals surface area (Å²) in [6, 6.07) is 10.6. The third-order valence-electron chi connectivity index (χ3n) is 4.00. The number of benzene rings is 2. The van der Waals surface area contributed by atoms with E-state index in [1.807, 2.05) is 38.1 Å². The molecule has 128 valence electrons. The van der Waals surface area contributed by atoms with E-state index in [9.17, 15) is 8.42 Å². The van der Waals surface area contributed by atoms with Crippen LogP contribution >= 0.6 is 0 Å². The van der Waals surface area contributed by atoms with Crippen molar-refractivity contribution in [1.82, 2.24) is 4.72 Å². The Balaban J connectivity index is 1.81. The van der Waals surface area contributed by atoms with Gasteiger partial charge in [-0.3, -0.25) is 0 Å². The Morgan fingerprint density at radius 1 is 1.12 bits per heavy atom. The number of methoxy groups -OCH3 is 1. The number of aryl methyl sites for hydroxylation is 2. The topological polar surface area (TPSA) is 64.6 Å². The molecule has 2 aromatic rings. The van der Waals surface area contributed by atoms with Gasteiger partial charge in [-0.25, -0.2) is 13.1 Å². The third-order valence-corrected chi connectivity index (χ3v) is 5.50. The van der Waals surface area contributed by atoms with Gasteiger partial charge >= 0.3 is 0 Å². The molecule has 0 saturated carbocycles. The van der Waals surface area contributed by atoms with Crippen LogP contribution in [0.5, 0.6) is 11.5 Å². The Hall–Kier alpha value is -2.05. The van der Waals surface area contributed by atoms with E-state index < -0.39 is 10.0 Å². The van der Waals surface area contributed by atoms with Crippen LogP contribution in [0.4, 0.5) is 0 Å². The summed E-state index contributed by atoms with van der Waals surface area (Å²) in [7, 11) is -1.98. The molecule has 0 aliphatic carbocycles. The summed E-state index contributed by atoms with van der Waals surface area (Å²) in [6.45, 7) is 4.08. The average molecular weight is 347 g/mol. The fourth-order valence-corrected chi connectivity index (χ4v) is 4.36. The smallest absolute Gasteiger partial charge is 0.240 e. The van der Waals surface area contributed by atoms with Gasteiger partial charge in [0.25, 0.3) is 0 Å². The molecule has 0 fully saturated rings. The summed E-state index contributed by atoms with van der Waals surface area (Å²) in [5, 5.41) is 0. The van der Waals surface area contributed by atoms with Crippen molar-refractivity contribution in [3.8, 4) is 11.5 Å². The lowest BCUT2D eigenvalue weighted by Gasteiger charge is -2.26. The number of hydrogen-bond acceptors (Lipinski definition) is 4. The van der Waals surface area contributed by atoms with Crippen LogP contribution < -0.4 is 14.2 Å². The van der Waals surface area contributed by atoms with Gasteiger partial charge in [0, 0.05) is 0 Å². The molecule has 0 spiro atoms. The van der Waals surface area contributed by atoms with E-state index in [0.29, 0.717) is 13.0 Å². The molecule has 1 aliphatic heterocycles. The van der Waals surface area contributed by atoms with Gasteiger partial charge in [0.1, 0.15) is 18.1 Å². The lowest BCUT2D eigenvalue weighted by Crippen LogP contribution is -2.42. The van der Waals surface area contributed by atoms with E-state index in [1.54, 1.807) is 19.2 Å². The molecule has 24 heavy (non-hydrogen) atoms. The molecule has 0 bridgehead atoms. The zero-order valence-electron chi connectivity index (χ0n) is 14.0. The van der Waals surface area contributed by atoms with Crippen molar-refractivity contribution in [3.05, 3.63) is 53.1 Å². The molecule has 6 heteroatoms. The quantitative estimate of drug-likeness (QED) is 0.923. The molecule has 2 aromatic carbocycles. The van der Waals surface area contributed by atoms with Crippen LogP contribution in [0.1, 0.15) is 16.7 Å². The Kier molecular flexibility index (Phi) is 4.51. The molecule has 1 N–H and O–H groups in total. The molecular weight excluding hydrogens is 326 g/mol. The minimum atomic E-state index is -3.58. The van der Waals surface area contributed by atoms with Crippen molar-refractivity contribution < 1.29 is 17.9 Å². The van der Waals surface area contributed by atoms with Crippen LogP contribution in [-0.2, 0) is 16.4 Å². The molecule has 0 amide bonds. The normalized spacial score (nSPS) is 17.0. The minimum absolute atomic E-state index is 0.288. The van der Waals surface area contributed by atoms with E-state index in [2.05, 4.69) is 4.72 Å². The van der Waals surface area contributed by atoms with Crippen molar-refractivity contribution in [2.45, 2.75) is 31.2 Å². The molecule has 0 unspecified atom stereocenters. The third kappa shape index (κ3) is 3.55. The number of fused-ring (bicyclic) bond motifs is 1. The van der Waals surface area contributed by atoms with Gasteiger partial charge in [-0.15, -0.1) is 0 Å². The van der Waals surface area contributed by atoms with Crippen LogP contribution in [0.25, 0.3) is 0 Å². The highest BCUT2D eigenvalue weighted by Crippen LogP contribution is 2.29. The van der Waals surface area contributed by atoms with E-state index in [-0.39, 0.29) is 10.9 Å². The first kappa shape index (κ1) is 16.8. The minimum Gasteiger partial charge on any atom is -0.497 e. The first-order valence-corrected chi connectivity index (χ1v) is 9.26. The maximum Gasteiger partial charge on any atom is 0.240 e. The highest BCUT2D eigenvalue weighted by molar-refractivity contribution is 7.89. The predicted molar refractivity (Wildman–Crippen MR) is 92.2 cm³/mol. The van der Waals surface area contributed by atoms with Gasteiger partial charge in [-0.2, -0.15) is 0 Å². The standard InChI is InChI=1S/C18H21NO4S/c1-12-6-13(2)8-17(7-12)24(20,21)19-15-9-14-10-16(22-3)4-5-18(14)23-11-15/h4-8,10,15,19H,9,11H2,1-3H3/t15-/m1/s1. The summed E-state index contributed by atoms with van der Waals surface area (Å²) in [6.07, 6.45) is 0.566. The second kappa shape index (κ2) is 6.45. The molecule has 5 nitrogen and oxygen atoms in total. The number of hydrogen-bond donors (Lipinski definition) is 1. The predicted octanol–water partition coefficient (Wildman–Crippen LogP) is 2.59. The summed E-state index contributed by atoms with van der Waals surface area (Å²) in [4.78, 5) is 0.288. The van der Waals surface area contributed by atoms with E-state index in [4.69, 9.17) is 9.47 Å². The fourth-order valence-electron chi connectivity index (χ4n) is 2.95. The highest BCUT2D eigenvalue weighted by atomic mass is 32.2. The molecule has 1 heterocycles. The second-order valence-electron chi connectivity index (χ2n) is 6.13. The fraction of sp³-hybridized carbons (Fsp3) is 0.333. The summed E-state index contributed by atoms with van der Waals surface area (Å²) < 4.78 is 38.9. The molecule has 0 saturated heterocycles. The van der Waals surface area contributed by atoms with Crippen LogP contribution in [0, 0.1) is 13.8 Å². The van der Waals surface area contributed by atoms with Gasteiger partial charge in [-0.1, -0.05) is 6.07 Å². The van der Waals surface area contributed by atoms with Crippen LogP contribution in [0.3, 0.4) is 0 Å². The van der Waals surface area contributed by atoms with Gasteiger partial charge in [-0.05, 0) is 67.3 Å². The maximum atomic E-state index is 12.6. The first-order valence-electron chi connectivity index (χ1n) is 7.78. The molecular formula is C18H21NO4S. The zero-order chi connectivity index (χ0) is 17.3. The lowest BCUT2D eigenvalue weighted by molar-refractivity contribution is 0.253. The van der Waals surface area contributed by atoms with Crippen LogP contribution in [0.15, 0.2) is 41.3 Å². The number of sulfonamides is 1. The van der Waals surface area contributed by atoms with Crippen molar-refractivity contribution >= 4 is 10.0 Å². The molecule has 0 radical (unpaired) electrons. The van der Waals surface area contributed by atoms with Crippen LogP contribution in [0.2, 0.25) is 0 Å². The lowest BCUT2D eigenvalue weighted by atomic mass is 10.0. The van der Waals surface area contributed by atoms with Gasteiger partial charge in [0.05, 0.1) is 18.0 Å². The molecule has 0 aromatic heterocycles. The second-order valence-corrected chi connectivity index (χ2v) is 7.84. The first-order chi connectivity index (χ1) is 11.4. The van der Waals surface area contributed by atoms with Crippen molar-refractivity contribution in [3.63, 3.8) is 0 Å². The highest BCUT2D eigenvalue weighted by Gasteiger charge is 2.26. The summed E-state index contributed by atoms with van der Waals surface area (Å²) >= 11 is 0. The number of rotatable bonds is 4. The van der Waals surface area contributed by atoms with Crippen molar-refractivity contribution in [1.29, 1.82) is 0 Å². The molecule has 1 aliphatic rings. The number of ether oxygens (including phenoxy) is 2. The Labute approximate surface area is 142 Å². The molecule has 1 atom stereocenters. The largest absolute Gasteiger partial charge is 0.497 e. The van der Waals surface area contributed by atoms with Crippen molar-refractivity contribution in [2.24, 2.45) is 0 Å². The van der Waals surface area contributed by atoms with Crippen molar-refractivity contribution in [2.75, 3.05) is 13.7 Å². The van der Waals surface area contributed by atoms with Gasteiger partial charge < -0.3 is 9.47 Å². The van der Waals surface area contributed by atoms with E-state index >= 15 is 0 Å². The van der Waals surface area contributed by atoms with Gasteiger partial charge in [0.15, 0.2) is 0 Å². The number of nitrogens with one attached hydrogen (secondary N) is 1. The molecule has 3 rings (SSSR count). The Morgan fingerprint density at radius 3 is 2.50 bits per heavy atom. The maximum absolute atomic E-state index is 12.6. The SMILES string of the molecule is COc1ccc2c(c1)C[C@@H](NS(=O)(=O)c1cc(C)cc(C)c1)CO2.